The molecule has 0 bridgehead atoms. The number of nitrogens with two attached hydrogens (primary N) is 1. The van der Waals surface area contributed by atoms with Gasteiger partial charge in [0.05, 0.1) is 5.69 Å². The maximum atomic E-state index is 13.6. The van der Waals surface area contributed by atoms with Crippen LogP contribution in [0.2, 0.25) is 0 Å². The first-order valence-electron chi connectivity index (χ1n) is 11.8. The Morgan fingerprint density at radius 2 is 1.41 bits per heavy atom. The maximum Gasteiger partial charge on any atom is 0.331 e. The number of amides is 3. The number of hydrogen-bond donors (Lipinski definition) is 1. The highest BCUT2D eigenvalue weighted by molar-refractivity contribution is 7.88. The van der Waals surface area contributed by atoms with Crippen molar-refractivity contribution >= 4 is 33.9 Å². The molecule has 0 unspecified atom stereocenters. The van der Waals surface area contributed by atoms with Crippen LogP contribution in [0, 0.1) is 6.92 Å². The number of carbonyl (C=O) groups is 3. The number of azo groups is 1. The fourth-order valence-corrected chi connectivity index (χ4v) is 7.32. The van der Waals surface area contributed by atoms with E-state index in [9.17, 15) is 22.8 Å². The Labute approximate surface area is 198 Å². The predicted molar refractivity (Wildman–Crippen MR) is 121 cm³/mol. The summed E-state index contributed by atoms with van der Waals surface area (Å²) in [5.41, 5.74) is 5.85. The van der Waals surface area contributed by atoms with Crippen LogP contribution in [0.4, 0.5) is 5.95 Å². The summed E-state index contributed by atoms with van der Waals surface area (Å²) in [6.45, 7) is 1.58. The van der Waals surface area contributed by atoms with Crippen LogP contribution in [-0.4, -0.2) is 62.4 Å². The zero-order valence-electron chi connectivity index (χ0n) is 19.5. The van der Waals surface area contributed by atoms with Crippen molar-refractivity contribution in [3.05, 3.63) is 11.4 Å². The summed E-state index contributed by atoms with van der Waals surface area (Å²) in [5.74, 6) is -2.46. The first kappa shape index (κ1) is 24.3. The van der Waals surface area contributed by atoms with Crippen LogP contribution in [0.15, 0.2) is 10.2 Å². The molecule has 1 aromatic heterocycles. The van der Waals surface area contributed by atoms with Crippen molar-refractivity contribution in [2.75, 3.05) is 0 Å². The molecule has 2 N–H and O–H groups in total. The standard InChI is InChI=1S/C21H31N7O5S/c1-13-17(18(22)29)26(2)21(23-13)25-24-16-19(30)27(14-9-5-3-6-10-14)34(32,33)28(20(16)31)15-11-7-4-8-12-15/h14-16H,3-12H2,1-2H3,(H2,22,29). The molecule has 3 fully saturated rings. The van der Waals surface area contributed by atoms with E-state index >= 15 is 0 Å². The Hall–Kier alpha value is -2.83. The van der Waals surface area contributed by atoms with E-state index in [4.69, 9.17) is 5.73 Å². The topological polar surface area (TPSA) is 160 Å². The van der Waals surface area contributed by atoms with Gasteiger partial charge in [-0.05, 0) is 32.6 Å². The van der Waals surface area contributed by atoms with Crippen LogP contribution in [0.1, 0.15) is 80.4 Å². The molecule has 0 radical (unpaired) electrons. The van der Waals surface area contributed by atoms with Gasteiger partial charge >= 0.3 is 10.2 Å². The third kappa shape index (κ3) is 4.21. The van der Waals surface area contributed by atoms with Crippen molar-refractivity contribution in [1.29, 1.82) is 0 Å². The Morgan fingerprint density at radius 3 is 1.82 bits per heavy atom. The second-order valence-corrected chi connectivity index (χ2v) is 10.9. The minimum atomic E-state index is -4.32. The lowest BCUT2D eigenvalue weighted by molar-refractivity contribution is -0.143. The van der Waals surface area contributed by atoms with Crippen LogP contribution < -0.4 is 5.73 Å². The van der Waals surface area contributed by atoms with Gasteiger partial charge in [-0.1, -0.05) is 38.5 Å². The van der Waals surface area contributed by atoms with Crippen LogP contribution in [0.3, 0.4) is 0 Å². The van der Waals surface area contributed by atoms with Crippen LogP contribution >= 0.6 is 0 Å². The van der Waals surface area contributed by atoms with Gasteiger partial charge in [0.2, 0.25) is 12.0 Å². The summed E-state index contributed by atoms with van der Waals surface area (Å²) in [7, 11) is -2.80. The maximum absolute atomic E-state index is 13.6. The van der Waals surface area contributed by atoms with Gasteiger partial charge in [0.1, 0.15) is 5.69 Å². The largest absolute Gasteiger partial charge is 0.364 e. The summed E-state index contributed by atoms with van der Waals surface area (Å²) in [5, 5.41) is 7.97. The van der Waals surface area contributed by atoms with Crippen molar-refractivity contribution < 1.29 is 22.8 Å². The highest BCUT2D eigenvalue weighted by atomic mass is 32.2. The van der Waals surface area contributed by atoms with Gasteiger partial charge in [-0.2, -0.15) is 13.5 Å². The SMILES string of the molecule is Cc1nc(N=NC2C(=O)N(C3CCCCC3)S(=O)(=O)N(C3CCCCC3)C2=O)n(C)c1C(N)=O. The minimum Gasteiger partial charge on any atom is -0.364 e. The molecule has 1 aromatic rings. The van der Waals surface area contributed by atoms with Gasteiger partial charge in [-0.3, -0.25) is 14.4 Å². The van der Waals surface area contributed by atoms with Gasteiger partial charge in [0.15, 0.2) is 0 Å². The Morgan fingerprint density at radius 1 is 0.941 bits per heavy atom. The molecule has 2 saturated carbocycles. The van der Waals surface area contributed by atoms with E-state index in [1.54, 1.807) is 6.92 Å². The van der Waals surface area contributed by atoms with Gasteiger partial charge < -0.3 is 10.3 Å². The first-order valence-corrected chi connectivity index (χ1v) is 13.2. The third-order valence-electron chi connectivity index (χ3n) is 6.95. The molecule has 2 heterocycles. The number of imidazole rings is 1. The summed E-state index contributed by atoms with van der Waals surface area (Å²) < 4.78 is 30.3. The lowest BCUT2D eigenvalue weighted by atomic mass is 9.94. The molecule has 0 spiro atoms. The molecule has 186 valence electrons. The monoisotopic (exact) mass is 493 g/mol. The van der Waals surface area contributed by atoms with Gasteiger partial charge in [-0.15, -0.1) is 5.11 Å². The van der Waals surface area contributed by atoms with Crippen molar-refractivity contribution in [2.45, 2.75) is 89.3 Å². The lowest BCUT2D eigenvalue weighted by Crippen LogP contribution is -2.66. The summed E-state index contributed by atoms with van der Waals surface area (Å²) >= 11 is 0. The molecule has 0 atom stereocenters. The molecular formula is C21H31N7O5S. The molecule has 4 rings (SSSR count). The second-order valence-electron chi connectivity index (χ2n) is 9.25. The molecule has 3 amide bonds. The zero-order valence-corrected chi connectivity index (χ0v) is 20.3. The molecule has 34 heavy (non-hydrogen) atoms. The molecular weight excluding hydrogens is 462 g/mol. The van der Waals surface area contributed by atoms with E-state index in [0.29, 0.717) is 31.4 Å². The zero-order chi connectivity index (χ0) is 24.6. The fourth-order valence-electron chi connectivity index (χ4n) is 5.30. The van der Waals surface area contributed by atoms with E-state index in [2.05, 4.69) is 15.2 Å². The number of primary amides is 1. The van der Waals surface area contributed by atoms with E-state index < -0.39 is 46.1 Å². The normalized spacial score (nSPS) is 23.2. The van der Waals surface area contributed by atoms with Gasteiger partial charge in [0.25, 0.3) is 17.7 Å². The van der Waals surface area contributed by atoms with E-state index in [0.717, 1.165) is 47.1 Å². The lowest BCUT2D eigenvalue weighted by Gasteiger charge is -2.44. The third-order valence-corrected chi connectivity index (χ3v) is 8.90. The Bertz CT molecular complexity index is 1070. The van der Waals surface area contributed by atoms with Gasteiger partial charge in [0, 0.05) is 19.1 Å². The molecule has 3 aliphatic rings. The van der Waals surface area contributed by atoms with Crippen LogP contribution in [-0.2, 0) is 26.8 Å². The number of aryl methyl sites for hydroxylation is 1. The smallest absolute Gasteiger partial charge is 0.331 e. The average molecular weight is 494 g/mol. The number of nitrogens with zero attached hydrogens (tertiary/aromatic N) is 6. The van der Waals surface area contributed by atoms with E-state index in [1.165, 1.54) is 11.6 Å². The number of carbonyl (C=O) groups excluding carboxylic acids is 3. The quantitative estimate of drug-likeness (QED) is 0.486. The number of hydrogen-bond acceptors (Lipinski definition) is 8. The van der Waals surface area contributed by atoms with E-state index in [-0.39, 0.29) is 11.6 Å². The molecule has 0 aromatic carbocycles. The van der Waals surface area contributed by atoms with E-state index in [1.807, 2.05) is 0 Å². The Balaban J connectivity index is 1.73. The highest BCUT2D eigenvalue weighted by Gasteiger charge is 2.54. The molecule has 1 saturated heterocycles. The fraction of sp³-hybridized carbons (Fsp3) is 0.714. The predicted octanol–water partition coefficient (Wildman–Crippen LogP) is 1.86. The number of rotatable bonds is 5. The van der Waals surface area contributed by atoms with Crippen LogP contribution in [0.5, 0.6) is 0 Å². The van der Waals surface area contributed by atoms with Crippen molar-refractivity contribution in [1.82, 2.24) is 18.2 Å². The molecule has 13 heteroatoms. The highest BCUT2D eigenvalue weighted by Crippen LogP contribution is 2.35. The van der Waals surface area contributed by atoms with Gasteiger partial charge in [-0.25, -0.2) is 13.6 Å². The minimum absolute atomic E-state index is 0.00577. The van der Waals surface area contributed by atoms with Crippen molar-refractivity contribution in [3.63, 3.8) is 0 Å². The first-order chi connectivity index (χ1) is 16.1. The number of aromatic nitrogens is 2. The van der Waals surface area contributed by atoms with Crippen molar-refractivity contribution in [2.24, 2.45) is 23.0 Å². The molecule has 12 nitrogen and oxygen atoms in total. The Kier molecular flexibility index (Phi) is 6.74. The van der Waals surface area contributed by atoms with Crippen molar-refractivity contribution in [3.8, 4) is 0 Å². The summed E-state index contributed by atoms with van der Waals surface area (Å²) in [4.78, 5) is 42.6. The van der Waals surface area contributed by atoms with Crippen LogP contribution in [0.25, 0.3) is 0 Å². The summed E-state index contributed by atoms with van der Waals surface area (Å²) in [6, 6.07) is -2.62. The average Bonchev–Trinajstić information content (AvgIpc) is 3.07. The summed E-state index contributed by atoms with van der Waals surface area (Å²) in [6.07, 6.45) is 7.45. The molecule has 2 aliphatic carbocycles. The molecule has 1 aliphatic heterocycles. The second kappa shape index (κ2) is 9.43.